The highest BCUT2D eigenvalue weighted by molar-refractivity contribution is 5.86. The Hall–Kier alpha value is -3.27. The third-order valence-electron chi connectivity index (χ3n) is 5.58. The quantitative estimate of drug-likeness (QED) is 0.372. The van der Waals surface area contributed by atoms with E-state index < -0.39 is 6.09 Å². The number of carbonyl (C=O) groups is 1. The zero-order chi connectivity index (χ0) is 22.3. The number of aromatic hydroxyl groups is 1. The first-order valence-corrected chi connectivity index (χ1v) is 10.9. The molecule has 0 aliphatic rings. The third-order valence-corrected chi connectivity index (χ3v) is 5.58. The summed E-state index contributed by atoms with van der Waals surface area (Å²) in [6.07, 6.45) is 4.31. The molecule has 0 fully saturated rings. The fraction of sp³-hybridized carbons (Fsp3) is 0.296. The lowest BCUT2D eigenvalue weighted by molar-refractivity contribution is 0.215. The van der Waals surface area contributed by atoms with Crippen LogP contribution in [0, 0.1) is 0 Å². The van der Waals surface area contributed by atoms with Gasteiger partial charge in [0.1, 0.15) is 11.5 Å². The highest BCUT2D eigenvalue weighted by Gasteiger charge is 2.20. The van der Waals surface area contributed by atoms with E-state index in [1.54, 1.807) is 12.1 Å². The molecule has 3 rings (SSSR count). The van der Waals surface area contributed by atoms with E-state index in [1.165, 1.54) is 24.8 Å². The van der Waals surface area contributed by atoms with Gasteiger partial charge in [-0.05, 0) is 64.9 Å². The molecule has 3 aromatic rings. The van der Waals surface area contributed by atoms with Crippen molar-refractivity contribution in [2.24, 2.45) is 0 Å². The molecule has 0 saturated carbocycles. The van der Waals surface area contributed by atoms with Crippen molar-refractivity contribution in [3.63, 3.8) is 0 Å². The van der Waals surface area contributed by atoms with Gasteiger partial charge in [0.2, 0.25) is 0 Å². The maximum atomic E-state index is 12.3. The lowest BCUT2D eigenvalue weighted by Crippen LogP contribution is -2.18. The van der Waals surface area contributed by atoms with Crippen LogP contribution >= 0.6 is 0 Å². The van der Waals surface area contributed by atoms with Gasteiger partial charge in [0, 0.05) is 5.69 Å². The van der Waals surface area contributed by atoms with Gasteiger partial charge >= 0.3 is 6.09 Å². The fourth-order valence-corrected chi connectivity index (χ4v) is 3.59. The summed E-state index contributed by atoms with van der Waals surface area (Å²) in [6.45, 7) is 6.73. The molecular formula is C27H31NO3. The second-order valence-electron chi connectivity index (χ2n) is 8.50. The van der Waals surface area contributed by atoms with Crippen LogP contribution in [0.25, 0.3) is 11.1 Å². The van der Waals surface area contributed by atoms with E-state index in [-0.39, 0.29) is 11.2 Å². The Balaban J connectivity index is 1.56. The minimum Gasteiger partial charge on any atom is -0.508 e. The second-order valence-corrected chi connectivity index (χ2v) is 8.50. The van der Waals surface area contributed by atoms with E-state index in [0.29, 0.717) is 11.4 Å². The van der Waals surface area contributed by atoms with Crippen molar-refractivity contribution in [1.82, 2.24) is 0 Å². The molecule has 3 aromatic carbocycles. The van der Waals surface area contributed by atoms with Crippen LogP contribution in [0.2, 0.25) is 0 Å². The van der Waals surface area contributed by atoms with Crippen molar-refractivity contribution >= 4 is 11.8 Å². The molecule has 0 heterocycles. The van der Waals surface area contributed by atoms with Crippen molar-refractivity contribution in [3.8, 4) is 22.6 Å². The number of hydrogen-bond donors (Lipinski definition) is 2. The van der Waals surface area contributed by atoms with Gasteiger partial charge in [0.25, 0.3) is 0 Å². The summed E-state index contributed by atoms with van der Waals surface area (Å²) in [4.78, 5) is 12.3. The van der Waals surface area contributed by atoms with Crippen molar-refractivity contribution in [3.05, 3.63) is 78.4 Å². The molecule has 0 unspecified atom stereocenters. The summed E-state index contributed by atoms with van der Waals surface area (Å²) in [5, 5.41) is 12.2. The summed E-state index contributed by atoms with van der Waals surface area (Å²) < 4.78 is 5.43. The molecule has 2 N–H and O–H groups in total. The number of amides is 1. The Labute approximate surface area is 184 Å². The van der Waals surface area contributed by atoms with Crippen LogP contribution in [-0.4, -0.2) is 11.2 Å². The van der Waals surface area contributed by atoms with E-state index in [9.17, 15) is 9.90 Å². The average Bonchev–Trinajstić information content (AvgIpc) is 2.75. The van der Waals surface area contributed by atoms with Gasteiger partial charge in [0.05, 0.1) is 0 Å². The van der Waals surface area contributed by atoms with E-state index in [1.807, 2.05) is 60.7 Å². The van der Waals surface area contributed by atoms with Gasteiger partial charge in [-0.25, -0.2) is 4.79 Å². The van der Waals surface area contributed by atoms with Crippen molar-refractivity contribution in [2.75, 3.05) is 5.32 Å². The third kappa shape index (κ3) is 6.35. The Morgan fingerprint density at radius 3 is 2.03 bits per heavy atom. The Morgan fingerprint density at radius 2 is 1.45 bits per heavy atom. The highest BCUT2D eigenvalue weighted by atomic mass is 16.6. The molecule has 31 heavy (non-hydrogen) atoms. The van der Waals surface area contributed by atoms with E-state index in [2.05, 4.69) is 26.1 Å². The largest absolute Gasteiger partial charge is 0.508 e. The summed E-state index contributed by atoms with van der Waals surface area (Å²) in [5.41, 5.74) is 4.00. The van der Waals surface area contributed by atoms with Crippen molar-refractivity contribution in [1.29, 1.82) is 0 Å². The maximum Gasteiger partial charge on any atom is 0.417 e. The average molecular weight is 418 g/mol. The number of anilines is 1. The molecule has 0 atom stereocenters. The first kappa shape index (κ1) is 22.4. The smallest absolute Gasteiger partial charge is 0.417 e. The molecule has 0 aliphatic heterocycles. The summed E-state index contributed by atoms with van der Waals surface area (Å²) >= 11 is 0. The number of ether oxygens (including phenoxy) is 1. The molecule has 4 heteroatoms. The summed E-state index contributed by atoms with van der Waals surface area (Å²) in [7, 11) is 0. The van der Waals surface area contributed by atoms with E-state index in [0.717, 1.165) is 17.5 Å². The number of carbonyl (C=O) groups excluding carboxylic acids is 1. The molecule has 0 aliphatic carbocycles. The van der Waals surface area contributed by atoms with Crippen LogP contribution in [0.5, 0.6) is 11.5 Å². The van der Waals surface area contributed by atoms with Crippen LogP contribution in [0.1, 0.15) is 52.0 Å². The van der Waals surface area contributed by atoms with Crippen LogP contribution in [0.3, 0.4) is 0 Å². The predicted molar refractivity (Wildman–Crippen MR) is 127 cm³/mol. The molecule has 0 radical (unpaired) electrons. The Bertz CT molecular complexity index is 974. The molecule has 162 valence electrons. The van der Waals surface area contributed by atoms with Crippen LogP contribution < -0.4 is 10.1 Å². The molecule has 0 aromatic heterocycles. The van der Waals surface area contributed by atoms with Gasteiger partial charge in [-0.1, -0.05) is 76.4 Å². The number of benzene rings is 3. The Morgan fingerprint density at radius 1 is 0.871 bits per heavy atom. The highest BCUT2D eigenvalue weighted by Crippen LogP contribution is 2.30. The van der Waals surface area contributed by atoms with Crippen molar-refractivity contribution in [2.45, 2.75) is 51.9 Å². The van der Waals surface area contributed by atoms with Crippen LogP contribution in [-0.2, 0) is 5.41 Å². The van der Waals surface area contributed by atoms with Gasteiger partial charge in [-0.15, -0.1) is 0 Å². The lowest BCUT2D eigenvalue weighted by Gasteiger charge is -2.25. The topological polar surface area (TPSA) is 58.6 Å². The minimum atomic E-state index is -0.521. The van der Waals surface area contributed by atoms with Crippen LogP contribution in [0.15, 0.2) is 72.8 Å². The lowest BCUT2D eigenvalue weighted by atomic mass is 9.80. The van der Waals surface area contributed by atoms with Crippen molar-refractivity contribution < 1.29 is 14.6 Å². The SMILES string of the molecule is CCCCCC(C)(C)c1ccc(OC(=O)Nc2ccc(-c3ccc(O)cc3)cc2)cc1. The summed E-state index contributed by atoms with van der Waals surface area (Å²) in [6, 6.07) is 22.3. The van der Waals surface area contributed by atoms with E-state index >= 15 is 0 Å². The molecular weight excluding hydrogens is 386 g/mol. The maximum absolute atomic E-state index is 12.3. The Kier molecular flexibility index (Phi) is 7.35. The minimum absolute atomic E-state index is 0.106. The fourth-order valence-electron chi connectivity index (χ4n) is 3.59. The monoisotopic (exact) mass is 417 g/mol. The number of phenols is 1. The number of nitrogens with one attached hydrogen (secondary N) is 1. The normalized spacial score (nSPS) is 11.2. The number of rotatable bonds is 8. The molecule has 4 nitrogen and oxygen atoms in total. The molecule has 0 bridgehead atoms. The first-order chi connectivity index (χ1) is 14.9. The second kappa shape index (κ2) is 10.2. The van der Waals surface area contributed by atoms with Gasteiger partial charge < -0.3 is 9.84 Å². The molecule has 0 saturated heterocycles. The van der Waals surface area contributed by atoms with E-state index in [4.69, 9.17) is 4.74 Å². The standard InChI is InChI=1S/C27H31NO3/c1-4-5-6-19-27(2,3)22-11-17-25(18-12-22)31-26(30)28-23-13-7-20(8-14-23)21-9-15-24(29)16-10-21/h7-18,29H,4-6,19H2,1-3H3,(H,28,30). The number of unbranched alkanes of at least 4 members (excludes halogenated alkanes) is 2. The first-order valence-electron chi connectivity index (χ1n) is 10.9. The molecule has 1 amide bonds. The molecule has 0 spiro atoms. The number of hydrogen-bond acceptors (Lipinski definition) is 3. The summed E-state index contributed by atoms with van der Waals surface area (Å²) in [5.74, 6) is 0.754. The predicted octanol–water partition coefficient (Wildman–Crippen LogP) is 7.53. The van der Waals surface area contributed by atoms with Gasteiger partial charge in [-0.3, -0.25) is 5.32 Å². The number of phenolic OH excluding ortho intramolecular Hbond substituents is 1. The zero-order valence-corrected chi connectivity index (χ0v) is 18.5. The van der Waals surface area contributed by atoms with Gasteiger partial charge in [-0.2, -0.15) is 0 Å². The van der Waals surface area contributed by atoms with Gasteiger partial charge in [0.15, 0.2) is 0 Å². The van der Waals surface area contributed by atoms with Crippen LogP contribution in [0.4, 0.5) is 10.5 Å². The zero-order valence-electron chi connectivity index (χ0n) is 18.5.